The summed E-state index contributed by atoms with van der Waals surface area (Å²) in [4.78, 5) is 32.9. The van der Waals surface area contributed by atoms with Gasteiger partial charge in [0.15, 0.2) is 5.78 Å². The van der Waals surface area contributed by atoms with Gasteiger partial charge >= 0.3 is 0 Å². The molecule has 0 aliphatic rings. The molecule has 3 rings (SSSR count). The molecule has 0 spiro atoms. The molecule has 30 heavy (non-hydrogen) atoms. The van der Waals surface area contributed by atoms with Gasteiger partial charge in [-0.2, -0.15) is 0 Å². The molecule has 1 aromatic carbocycles. The zero-order valence-electron chi connectivity index (χ0n) is 16.6. The number of pyridine rings is 2. The van der Waals surface area contributed by atoms with E-state index in [2.05, 4.69) is 9.97 Å². The van der Waals surface area contributed by atoms with Crippen LogP contribution in [0.2, 0.25) is 0 Å². The zero-order chi connectivity index (χ0) is 21.5. The minimum absolute atomic E-state index is 0.0378. The van der Waals surface area contributed by atoms with E-state index in [0.29, 0.717) is 12.0 Å². The Kier molecular flexibility index (Phi) is 6.80. The highest BCUT2D eigenvalue weighted by atomic mass is 19.1. The van der Waals surface area contributed by atoms with Crippen LogP contribution < -0.4 is 5.73 Å². The molecule has 6 heteroatoms. The molecule has 0 atom stereocenters. The van der Waals surface area contributed by atoms with Crippen LogP contribution in [0.5, 0.6) is 0 Å². The summed E-state index contributed by atoms with van der Waals surface area (Å²) in [6, 6.07) is 11.1. The molecule has 0 fully saturated rings. The number of hydrogen-bond donors (Lipinski definition) is 1. The average Bonchev–Trinajstić information content (AvgIpc) is 2.72. The first-order valence-corrected chi connectivity index (χ1v) is 9.53. The van der Waals surface area contributed by atoms with Crippen molar-refractivity contribution in [2.75, 3.05) is 5.73 Å². The van der Waals surface area contributed by atoms with Crippen LogP contribution in [0, 0.1) is 12.7 Å². The van der Waals surface area contributed by atoms with Crippen LogP contribution in [0.25, 0.3) is 6.08 Å². The lowest BCUT2D eigenvalue weighted by Gasteiger charge is -2.06. The smallest absolute Gasteiger partial charge is 0.185 e. The highest BCUT2D eigenvalue weighted by Gasteiger charge is 2.12. The summed E-state index contributed by atoms with van der Waals surface area (Å²) in [5, 5.41) is 0. The van der Waals surface area contributed by atoms with E-state index >= 15 is 0 Å². The first-order valence-electron chi connectivity index (χ1n) is 9.53. The third kappa shape index (κ3) is 5.91. The number of nitrogens with zero attached hydrogens (tertiary/aromatic N) is 2. The van der Waals surface area contributed by atoms with Crippen LogP contribution in [-0.2, 0) is 17.6 Å². The van der Waals surface area contributed by atoms with Gasteiger partial charge in [0.2, 0.25) is 0 Å². The van der Waals surface area contributed by atoms with Gasteiger partial charge in [-0.1, -0.05) is 30.4 Å². The van der Waals surface area contributed by atoms with Gasteiger partial charge in [0.25, 0.3) is 0 Å². The predicted molar refractivity (Wildman–Crippen MR) is 114 cm³/mol. The number of anilines is 1. The van der Waals surface area contributed by atoms with E-state index in [0.717, 1.165) is 16.8 Å². The van der Waals surface area contributed by atoms with Crippen LogP contribution >= 0.6 is 0 Å². The second-order valence-electron chi connectivity index (χ2n) is 7.05. The number of carbonyl (C=O) groups excluding carboxylic acids is 2. The third-order valence-electron chi connectivity index (χ3n) is 4.56. The third-order valence-corrected chi connectivity index (χ3v) is 4.56. The molecule has 0 aliphatic heterocycles. The Morgan fingerprint density at radius 1 is 1.03 bits per heavy atom. The molecular weight excluding hydrogens is 381 g/mol. The Morgan fingerprint density at radius 2 is 1.87 bits per heavy atom. The van der Waals surface area contributed by atoms with Crippen LogP contribution in [0.4, 0.5) is 10.1 Å². The normalized spacial score (nSPS) is 11.0. The number of ketones is 2. The second-order valence-corrected chi connectivity index (χ2v) is 7.05. The number of benzene rings is 1. The van der Waals surface area contributed by atoms with Crippen molar-refractivity contribution in [3.63, 3.8) is 0 Å². The van der Waals surface area contributed by atoms with Crippen LogP contribution in [0.15, 0.2) is 60.9 Å². The highest BCUT2D eigenvalue weighted by molar-refractivity contribution is 5.96. The van der Waals surface area contributed by atoms with Gasteiger partial charge in [-0.25, -0.2) is 4.39 Å². The van der Waals surface area contributed by atoms with Crippen molar-refractivity contribution in [2.45, 2.75) is 26.2 Å². The number of hydrogen-bond acceptors (Lipinski definition) is 5. The Balaban J connectivity index is 1.53. The van der Waals surface area contributed by atoms with Crippen molar-refractivity contribution in [2.24, 2.45) is 0 Å². The number of allylic oxidation sites excluding steroid dienone is 1. The maximum absolute atomic E-state index is 13.1. The maximum Gasteiger partial charge on any atom is 0.185 e. The van der Waals surface area contributed by atoms with E-state index in [1.54, 1.807) is 18.3 Å². The van der Waals surface area contributed by atoms with Crippen LogP contribution in [0.3, 0.4) is 0 Å². The number of carbonyl (C=O) groups is 2. The van der Waals surface area contributed by atoms with Gasteiger partial charge in [0.1, 0.15) is 17.3 Å². The molecule has 152 valence electrons. The fourth-order valence-electron chi connectivity index (χ4n) is 2.89. The summed E-state index contributed by atoms with van der Waals surface area (Å²) in [5.41, 5.74) is 9.45. The molecule has 2 heterocycles. The molecule has 0 aliphatic carbocycles. The number of aromatic nitrogens is 2. The molecule has 2 aromatic heterocycles. The maximum atomic E-state index is 13.1. The van der Waals surface area contributed by atoms with Crippen molar-refractivity contribution < 1.29 is 14.0 Å². The van der Waals surface area contributed by atoms with Crippen molar-refractivity contribution in [3.05, 3.63) is 94.8 Å². The molecular formula is C24H22FN3O2. The fourth-order valence-corrected chi connectivity index (χ4v) is 2.89. The first-order chi connectivity index (χ1) is 14.4. The van der Waals surface area contributed by atoms with Crippen molar-refractivity contribution in [1.29, 1.82) is 0 Å². The number of rotatable bonds is 8. The van der Waals surface area contributed by atoms with Gasteiger partial charge < -0.3 is 5.73 Å². The highest BCUT2D eigenvalue weighted by Crippen LogP contribution is 2.16. The number of halogens is 1. The molecule has 0 bridgehead atoms. The van der Waals surface area contributed by atoms with E-state index in [1.807, 2.05) is 31.2 Å². The molecule has 0 radical (unpaired) electrons. The van der Waals surface area contributed by atoms with Crippen LogP contribution in [-0.4, -0.2) is 21.5 Å². The van der Waals surface area contributed by atoms with Gasteiger partial charge in [-0.15, -0.1) is 0 Å². The number of nitrogen functional groups attached to an aromatic ring is 1. The standard InChI is InChI=1S/C24H22FN3O2/c1-16-5-6-17(14-27-16)3-2-4-21(29)11-18-7-10-23(28-15-18)24(30)12-19-8-9-20(25)13-22(19)26/h2-3,5-10,13-15H,4,11-12,26H2,1H3/b3-2+. The largest absolute Gasteiger partial charge is 0.398 e. The van der Waals surface area contributed by atoms with E-state index < -0.39 is 5.82 Å². The lowest BCUT2D eigenvalue weighted by molar-refractivity contribution is -0.117. The fraction of sp³-hybridized carbons (Fsp3) is 0.167. The number of nitrogens with two attached hydrogens (primary N) is 1. The number of aryl methyl sites for hydroxylation is 1. The monoisotopic (exact) mass is 403 g/mol. The van der Waals surface area contributed by atoms with Gasteiger partial charge in [0, 0.05) is 43.0 Å². The van der Waals surface area contributed by atoms with Crippen LogP contribution in [0.1, 0.15) is 39.3 Å². The molecule has 5 nitrogen and oxygen atoms in total. The molecule has 3 aromatic rings. The van der Waals surface area contributed by atoms with Gasteiger partial charge in [-0.3, -0.25) is 19.6 Å². The minimum Gasteiger partial charge on any atom is -0.398 e. The van der Waals surface area contributed by atoms with E-state index in [9.17, 15) is 14.0 Å². The molecule has 0 unspecified atom stereocenters. The van der Waals surface area contributed by atoms with Gasteiger partial charge in [-0.05, 0) is 47.9 Å². The Hall–Kier alpha value is -3.67. The van der Waals surface area contributed by atoms with Gasteiger partial charge in [0.05, 0.1) is 0 Å². The SMILES string of the molecule is Cc1ccc(/C=C/CC(=O)Cc2ccc(C(=O)Cc3ccc(F)cc3N)nc2)cn1. The minimum atomic E-state index is -0.443. The van der Waals surface area contributed by atoms with E-state index in [1.165, 1.54) is 24.4 Å². The first kappa shape index (κ1) is 21.0. The van der Waals surface area contributed by atoms with E-state index in [4.69, 9.17) is 5.73 Å². The summed E-state index contributed by atoms with van der Waals surface area (Å²) in [7, 11) is 0. The molecule has 0 saturated carbocycles. The summed E-state index contributed by atoms with van der Waals surface area (Å²) in [6.07, 6.45) is 7.55. The Labute approximate surface area is 174 Å². The summed E-state index contributed by atoms with van der Waals surface area (Å²) in [6.45, 7) is 1.92. The summed E-state index contributed by atoms with van der Waals surface area (Å²) < 4.78 is 13.1. The second kappa shape index (κ2) is 9.69. The molecule has 0 saturated heterocycles. The predicted octanol–water partition coefficient (Wildman–Crippen LogP) is 4.15. The summed E-state index contributed by atoms with van der Waals surface area (Å²) in [5.74, 6) is -0.617. The molecule has 0 amide bonds. The van der Waals surface area contributed by atoms with Crippen molar-refractivity contribution in [1.82, 2.24) is 9.97 Å². The van der Waals surface area contributed by atoms with E-state index in [-0.39, 0.29) is 35.8 Å². The Bertz CT molecular complexity index is 1070. The lowest BCUT2D eigenvalue weighted by Crippen LogP contribution is -2.09. The van der Waals surface area contributed by atoms with Crippen molar-refractivity contribution in [3.8, 4) is 0 Å². The molecule has 2 N–H and O–H groups in total. The number of Topliss-reactive ketones (excluding diaryl/α,β-unsaturated/α-hetero) is 2. The quantitative estimate of drug-likeness (QED) is 0.451. The lowest BCUT2D eigenvalue weighted by atomic mass is 10.0. The topological polar surface area (TPSA) is 85.9 Å². The Morgan fingerprint density at radius 3 is 2.53 bits per heavy atom. The average molecular weight is 403 g/mol. The zero-order valence-corrected chi connectivity index (χ0v) is 16.6. The summed E-state index contributed by atoms with van der Waals surface area (Å²) >= 11 is 0. The van der Waals surface area contributed by atoms with Crippen molar-refractivity contribution >= 4 is 23.3 Å².